The molecule has 0 amide bonds. The number of rotatable bonds is 2. The van der Waals surface area contributed by atoms with Crippen molar-refractivity contribution in [3.63, 3.8) is 0 Å². The SMILES string of the molecule is Nc1ncnc2c1ncn2[C@@H]1O[C@@H]2COP(=O)(O)O[C@@H]3C(COP(=O)(O)O[C@H]2[C@H]1F)O[C@@H](n1cnc2c(N)ncnc21)[C@@H]3F. The minimum Gasteiger partial charge on any atom is -0.382 e. The number of phosphoric acid groups is 2. The maximum Gasteiger partial charge on any atom is 0.472 e. The van der Waals surface area contributed by atoms with Crippen LogP contribution in [-0.2, 0) is 36.7 Å². The zero-order valence-corrected chi connectivity index (χ0v) is 23.7. The molecule has 236 valence electrons. The molecule has 3 aliphatic heterocycles. The number of imidazole rings is 2. The molecule has 0 bridgehead atoms. The molecule has 3 unspecified atom stereocenters. The van der Waals surface area contributed by atoms with Crippen LogP contribution in [0, 0.1) is 0 Å². The second kappa shape index (κ2) is 10.7. The fraction of sp³-hybridized carbons (Fsp3) is 0.500. The summed E-state index contributed by atoms with van der Waals surface area (Å²) in [5.74, 6) is -0.000634. The van der Waals surface area contributed by atoms with Gasteiger partial charge < -0.3 is 30.7 Å². The maximum atomic E-state index is 15.8. The normalized spacial score (nSPS) is 38.3. The Kier molecular flexibility index (Phi) is 7.12. The average Bonchev–Trinajstić information content (AvgIpc) is 3.73. The maximum absolute atomic E-state index is 15.8. The Morgan fingerprint density at radius 3 is 1.55 bits per heavy atom. The van der Waals surface area contributed by atoms with Crippen LogP contribution in [-0.4, -0.2) is 98.8 Å². The van der Waals surface area contributed by atoms with Gasteiger partial charge in [0.2, 0.25) is 0 Å². The van der Waals surface area contributed by atoms with Crippen LogP contribution in [0.3, 0.4) is 0 Å². The first-order valence-electron chi connectivity index (χ1n) is 12.7. The van der Waals surface area contributed by atoms with Crippen LogP contribution in [0.15, 0.2) is 25.3 Å². The van der Waals surface area contributed by atoms with E-state index in [0.717, 1.165) is 34.4 Å². The third-order valence-electron chi connectivity index (χ3n) is 7.17. The number of nitrogens with two attached hydrogens (primary N) is 2. The second-order valence-electron chi connectivity index (χ2n) is 9.85. The summed E-state index contributed by atoms with van der Waals surface area (Å²) < 4.78 is 91.6. The van der Waals surface area contributed by atoms with Crippen molar-refractivity contribution in [2.45, 2.75) is 49.2 Å². The molecule has 0 aromatic carbocycles. The van der Waals surface area contributed by atoms with Gasteiger partial charge in [-0.3, -0.25) is 27.2 Å². The number of nitrogens with zero attached hydrogens (tertiary/aromatic N) is 8. The lowest BCUT2D eigenvalue weighted by molar-refractivity contribution is -0.0662. The fourth-order valence-electron chi connectivity index (χ4n) is 5.17. The highest BCUT2D eigenvalue weighted by atomic mass is 31.2. The molecule has 7 heterocycles. The first-order valence-corrected chi connectivity index (χ1v) is 15.7. The van der Waals surface area contributed by atoms with Crippen LogP contribution in [0.5, 0.6) is 0 Å². The number of ether oxygens (including phenoxy) is 2. The van der Waals surface area contributed by atoms with Crippen LogP contribution in [0.4, 0.5) is 20.4 Å². The summed E-state index contributed by atoms with van der Waals surface area (Å²) in [6.45, 7) is -1.81. The van der Waals surface area contributed by atoms with Crippen LogP contribution >= 0.6 is 15.6 Å². The minimum absolute atomic E-state index is 0.000317. The van der Waals surface area contributed by atoms with Crippen molar-refractivity contribution >= 4 is 49.6 Å². The van der Waals surface area contributed by atoms with E-state index in [2.05, 4.69) is 29.9 Å². The zero-order chi connectivity index (χ0) is 31.0. The lowest BCUT2D eigenvalue weighted by Crippen LogP contribution is -2.37. The molecule has 7 rings (SSSR count). The summed E-state index contributed by atoms with van der Waals surface area (Å²) in [7, 11) is -10.2. The van der Waals surface area contributed by atoms with Gasteiger partial charge in [-0.2, -0.15) is 0 Å². The highest BCUT2D eigenvalue weighted by molar-refractivity contribution is 7.47. The third kappa shape index (κ3) is 5.02. The number of halogens is 2. The van der Waals surface area contributed by atoms with Crippen molar-refractivity contribution in [1.82, 2.24) is 39.0 Å². The van der Waals surface area contributed by atoms with Crippen molar-refractivity contribution in [3.8, 4) is 0 Å². The van der Waals surface area contributed by atoms with Gasteiger partial charge >= 0.3 is 15.6 Å². The number of nitrogen functional groups attached to an aromatic ring is 2. The summed E-state index contributed by atoms with van der Waals surface area (Å²) in [4.78, 5) is 44.7. The number of anilines is 2. The fourth-order valence-corrected chi connectivity index (χ4v) is 7.08. The molecule has 10 atom stereocenters. The van der Waals surface area contributed by atoms with Crippen molar-refractivity contribution in [1.29, 1.82) is 0 Å². The largest absolute Gasteiger partial charge is 0.472 e. The van der Waals surface area contributed by atoms with Gasteiger partial charge in [-0.1, -0.05) is 0 Å². The lowest BCUT2D eigenvalue weighted by Gasteiger charge is -2.27. The molecule has 3 saturated heterocycles. The van der Waals surface area contributed by atoms with Crippen molar-refractivity contribution in [2.24, 2.45) is 0 Å². The molecule has 6 N–H and O–H groups in total. The summed E-state index contributed by atoms with van der Waals surface area (Å²) in [6, 6.07) is 0. The topological polar surface area (TPSA) is 269 Å². The molecule has 0 saturated carbocycles. The average molecular weight is 662 g/mol. The Morgan fingerprint density at radius 2 is 1.14 bits per heavy atom. The summed E-state index contributed by atoms with van der Waals surface area (Å²) in [6.07, 6.45) is -9.92. The Morgan fingerprint density at radius 1 is 0.727 bits per heavy atom. The van der Waals surface area contributed by atoms with Gasteiger partial charge in [-0.15, -0.1) is 0 Å². The van der Waals surface area contributed by atoms with Gasteiger partial charge in [0.05, 0.1) is 25.9 Å². The third-order valence-corrected chi connectivity index (χ3v) is 9.14. The number of hydrogen-bond acceptors (Lipinski definition) is 16. The Labute approximate surface area is 243 Å². The van der Waals surface area contributed by atoms with E-state index >= 15 is 8.78 Å². The standard InChI is InChI=1S/C20H22F2N10O10P2/c21-9-13-7(39-19(9)31-5-29-11-15(23)25-3-27-17(11)31)1-37-43(33,34)42-14-8(2-38-44(35,36)41-13)40-20(10(14)22)32-6-30-12-16(24)26-4-28-18(12)32/h3-10,13-14,19-20H,1-2H2,(H,33,34)(H,35,36)(H2,23,25,27)(H2,24,26,28)/t7-,8?,9-,10-,13-,14-,19-,20-/m1/s1. The summed E-state index contributed by atoms with van der Waals surface area (Å²) >= 11 is 0. The predicted octanol–water partition coefficient (Wildman–Crippen LogP) is 0.320. The quantitative estimate of drug-likeness (QED) is 0.210. The van der Waals surface area contributed by atoms with E-state index in [0.29, 0.717) is 0 Å². The van der Waals surface area contributed by atoms with E-state index in [1.54, 1.807) is 0 Å². The Hall–Kier alpha value is -3.30. The molecular formula is C20H22F2N10O10P2. The molecule has 3 aliphatic rings. The van der Waals surface area contributed by atoms with E-state index in [-0.39, 0.29) is 34.0 Å². The molecule has 0 spiro atoms. The van der Waals surface area contributed by atoms with E-state index in [1.807, 2.05) is 0 Å². The second-order valence-corrected chi connectivity index (χ2v) is 12.7. The molecule has 4 aromatic heterocycles. The summed E-state index contributed by atoms with van der Waals surface area (Å²) in [5, 5.41) is 0. The van der Waals surface area contributed by atoms with E-state index in [4.69, 9.17) is 39.0 Å². The van der Waals surface area contributed by atoms with Crippen molar-refractivity contribution in [2.75, 3.05) is 24.7 Å². The number of alkyl halides is 2. The van der Waals surface area contributed by atoms with Crippen LogP contribution in [0.25, 0.3) is 22.3 Å². The van der Waals surface area contributed by atoms with Crippen LogP contribution < -0.4 is 11.5 Å². The van der Waals surface area contributed by atoms with Gasteiger partial charge in [0.25, 0.3) is 0 Å². The van der Waals surface area contributed by atoms with Gasteiger partial charge in [-0.25, -0.2) is 47.8 Å². The number of fused-ring (bicyclic) bond motifs is 4. The zero-order valence-electron chi connectivity index (χ0n) is 21.9. The number of phosphoric ester groups is 2. The first-order chi connectivity index (χ1) is 20.9. The van der Waals surface area contributed by atoms with Gasteiger partial charge in [0.15, 0.2) is 47.7 Å². The highest BCUT2D eigenvalue weighted by Crippen LogP contribution is 2.54. The molecule has 44 heavy (non-hydrogen) atoms. The monoisotopic (exact) mass is 662 g/mol. The molecule has 0 radical (unpaired) electrons. The highest BCUT2D eigenvalue weighted by Gasteiger charge is 2.55. The molecule has 24 heteroatoms. The molecule has 0 aliphatic carbocycles. The van der Waals surface area contributed by atoms with E-state index in [9.17, 15) is 18.9 Å². The number of aromatic nitrogens is 8. The van der Waals surface area contributed by atoms with E-state index in [1.165, 1.54) is 0 Å². The van der Waals surface area contributed by atoms with Gasteiger partial charge in [0, 0.05) is 0 Å². The van der Waals surface area contributed by atoms with Gasteiger partial charge in [-0.05, 0) is 0 Å². The Bertz CT molecular complexity index is 1700. The van der Waals surface area contributed by atoms with Crippen molar-refractivity contribution in [3.05, 3.63) is 25.3 Å². The predicted molar refractivity (Wildman–Crippen MR) is 138 cm³/mol. The lowest BCUT2D eigenvalue weighted by atomic mass is 10.1. The number of hydrogen-bond donors (Lipinski definition) is 4. The molecule has 4 aromatic rings. The Balaban J connectivity index is 1.17. The van der Waals surface area contributed by atoms with Gasteiger partial charge in [0.1, 0.15) is 48.1 Å². The molecule has 3 fully saturated rings. The molecule has 20 nitrogen and oxygen atoms in total. The van der Waals surface area contributed by atoms with Crippen molar-refractivity contribution < 1.29 is 55.3 Å². The first kappa shape index (κ1) is 29.4. The van der Waals surface area contributed by atoms with Crippen LogP contribution in [0.1, 0.15) is 12.5 Å². The smallest absolute Gasteiger partial charge is 0.382 e. The summed E-state index contributed by atoms with van der Waals surface area (Å²) in [5.41, 5.74) is 12.0. The van der Waals surface area contributed by atoms with Crippen LogP contribution in [0.2, 0.25) is 0 Å². The van der Waals surface area contributed by atoms with E-state index < -0.39 is 78.1 Å². The minimum atomic E-state index is -5.12. The molecular weight excluding hydrogens is 640 g/mol.